The molecule has 0 bridgehead atoms. The third-order valence-corrected chi connectivity index (χ3v) is 1.79. The van der Waals surface area contributed by atoms with E-state index in [0.29, 0.717) is 19.3 Å². The third kappa shape index (κ3) is 6.43. The molecule has 2 unspecified atom stereocenters. The van der Waals surface area contributed by atoms with Crippen molar-refractivity contribution in [3.05, 3.63) is 25.3 Å². The Morgan fingerprint density at radius 2 is 2.14 bits per heavy atom. The Labute approximate surface area is 85.1 Å². The van der Waals surface area contributed by atoms with Crippen molar-refractivity contribution in [3.8, 4) is 0 Å². The quantitative estimate of drug-likeness (QED) is 0.385. The molecule has 0 aromatic rings. The lowest BCUT2D eigenvalue weighted by Gasteiger charge is -2.15. The summed E-state index contributed by atoms with van der Waals surface area (Å²) >= 11 is 0. The van der Waals surface area contributed by atoms with Gasteiger partial charge in [0.05, 0.1) is 6.10 Å². The van der Waals surface area contributed by atoms with E-state index < -0.39 is 5.97 Å². The lowest BCUT2D eigenvalue weighted by molar-refractivity contribution is -0.143. The van der Waals surface area contributed by atoms with E-state index in [-0.39, 0.29) is 12.2 Å². The number of carbonyl (C=O) groups is 1. The van der Waals surface area contributed by atoms with Crippen LogP contribution in [0.4, 0.5) is 0 Å². The van der Waals surface area contributed by atoms with Crippen LogP contribution in [0.1, 0.15) is 26.2 Å². The number of esters is 1. The molecule has 3 nitrogen and oxygen atoms in total. The van der Waals surface area contributed by atoms with Crippen LogP contribution in [0.3, 0.4) is 0 Å². The van der Waals surface area contributed by atoms with Crippen molar-refractivity contribution in [2.45, 2.75) is 38.4 Å². The van der Waals surface area contributed by atoms with Crippen LogP contribution in [0, 0.1) is 0 Å². The second-order valence-corrected chi connectivity index (χ2v) is 3.21. The minimum atomic E-state index is -0.428. The molecule has 0 aromatic heterocycles. The number of hydrogen-bond acceptors (Lipinski definition) is 3. The van der Waals surface area contributed by atoms with E-state index in [9.17, 15) is 4.79 Å². The first-order valence-electron chi connectivity index (χ1n) is 4.72. The van der Waals surface area contributed by atoms with Crippen LogP contribution in [0.15, 0.2) is 25.3 Å². The number of aliphatic hydroxyl groups excluding tert-OH is 1. The molecular formula is C11H18O3. The van der Waals surface area contributed by atoms with Gasteiger partial charge in [-0.2, -0.15) is 0 Å². The fraction of sp³-hybridized carbons (Fsp3) is 0.545. The number of hydrogen-bond donors (Lipinski definition) is 1. The van der Waals surface area contributed by atoms with Crippen molar-refractivity contribution in [1.29, 1.82) is 0 Å². The van der Waals surface area contributed by atoms with Gasteiger partial charge in [0.25, 0.3) is 0 Å². The topological polar surface area (TPSA) is 46.5 Å². The Hall–Kier alpha value is -1.09. The lowest BCUT2D eigenvalue weighted by Crippen LogP contribution is -2.18. The molecule has 3 heteroatoms. The van der Waals surface area contributed by atoms with E-state index in [4.69, 9.17) is 9.84 Å². The lowest BCUT2D eigenvalue weighted by atomic mass is 10.1. The monoisotopic (exact) mass is 198 g/mol. The SMILES string of the molecule is C=CCC(CCC(C)O)OC(=O)C=C. The van der Waals surface area contributed by atoms with Gasteiger partial charge >= 0.3 is 5.97 Å². The van der Waals surface area contributed by atoms with Gasteiger partial charge in [-0.15, -0.1) is 6.58 Å². The Balaban J connectivity index is 3.94. The standard InChI is InChI=1S/C11H18O3/c1-4-6-10(8-7-9(3)12)14-11(13)5-2/h4-5,9-10,12H,1-2,6-8H2,3H3. The first-order chi connectivity index (χ1) is 6.60. The van der Waals surface area contributed by atoms with Crippen LogP contribution in [0.5, 0.6) is 0 Å². The van der Waals surface area contributed by atoms with Crippen molar-refractivity contribution in [1.82, 2.24) is 0 Å². The maximum absolute atomic E-state index is 10.9. The summed E-state index contributed by atoms with van der Waals surface area (Å²) in [7, 11) is 0. The molecule has 0 aliphatic heterocycles. The summed E-state index contributed by atoms with van der Waals surface area (Å²) in [6.45, 7) is 8.61. The molecule has 14 heavy (non-hydrogen) atoms. The largest absolute Gasteiger partial charge is 0.459 e. The molecule has 0 aromatic carbocycles. The van der Waals surface area contributed by atoms with Crippen molar-refractivity contribution in [2.75, 3.05) is 0 Å². The highest BCUT2D eigenvalue weighted by atomic mass is 16.5. The average Bonchev–Trinajstić information content (AvgIpc) is 2.14. The smallest absolute Gasteiger partial charge is 0.330 e. The number of carbonyl (C=O) groups excluding carboxylic acids is 1. The van der Waals surface area contributed by atoms with E-state index in [1.54, 1.807) is 13.0 Å². The van der Waals surface area contributed by atoms with E-state index >= 15 is 0 Å². The molecule has 0 saturated heterocycles. The summed E-state index contributed by atoms with van der Waals surface area (Å²) in [6.07, 6.45) is 4.12. The van der Waals surface area contributed by atoms with Gasteiger partial charge in [0.15, 0.2) is 0 Å². The van der Waals surface area contributed by atoms with Gasteiger partial charge in [-0.25, -0.2) is 4.79 Å². The van der Waals surface area contributed by atoms with Gasteiger partial charge in [-0.05, 0) is 19.8 Å². The Kier molecular flexibility index (Phi) is 6.76. The molecule has 0 spiro atoms. The van der Waals surface area contributed by atoms with Crippen molar-refractivity contribution < 1.29 is 14.6 Å². The van der Waals surface area contributed by atoms with Crippen LogP contribution < -0.4 is 0 Å². The Bertz CT molecular complexity index is 197. The van der Waals surface area contributed by atoms with Crippen molar-refractivity contribution in [3.63, 3.8) is 0 Å². The average molecular weight is 198 g/mol. The van der Waals surface area contributed by atoms with Gasteiger partial charge in [-0.3, -0.25) is 0 Å². The molecule has 0 rings (SSSR count). The predicted molar refractivity (Wildman–Crippen MR) is 55.8 cm³/mol. The third-order valence-electron chi connectivity index (χ3n) is 1.79. The van der Waals surface area contributed by atoms with Gasteiger partial charge in [0.2, 0.25) is 0 Å². The minimum absolute atomic E-state index is 0.201. The predicted octanol–water partition coefficient (Wildman–Crippen LogP) is 1.82. The van der Waals surface area contributed by atoms with Gasteiger partial charge in [0.1, 0.15) is 6.10 Å². The zero-order chi connectivity index (χ0) is 11.0. The molecule has 0 heterocycles. The van der Waals surface area contributed by atoms with Crippen LogP contribution >= 0.6 is 0 Å². The molecule has 0 saturated carbocycles. The van der Waals surface area contributed by atoms with Crippen LogP contribution in [0.2, 0.25) is 0 Å². The van der Waals surface area contributed by atoms with Crippen LogP contribution in [-0.2, 0) is 9.53 Å². The molecule has 0 amide bonds. The molecule has 80 valence electrons. The summed E-state index contributed by atoms with van der Waals surface area (Å²) in [4.78, 5) is 10.9. The summed E-state index contributed by atoms with van der Waals surface area (Å²) in [5, 5.41) is 9.07. The van der Waals surface area contributed by atoms with Gasteiger partial charge < -0.3 is 9.84 Å². The Morgan fingerprint density at radius 3 is 2.57 bits per heavy atom. The molecule has 2 atom stereocenters. The normalized spacial score (nSPS) is 14.1. The zero-order valence-corrected chi connectivity index (χ0v) is 8.61. The van der Waals surface area contributed by atoms with Crippen molar-refractivity contribution >= 4 is 5.97 Å². The summed E-state index contributed by atoms with van der Waals surface area (Å²) < 4.78 is 5.05. The summed E-state index contributed by atoms with van der Waals surface area (Å²) in [5.74, 6) is -0.428. The van der Waals surface area contributed by atoms with Crippen molar-refractivity contribution in [2.24, 2.45) is 0 Å². The van der Waals surface area contributed by atoms with Gasteiger partial charge in [-0.1, -0.05) is 12.7 Å². The molecule has 0 aliphatic carbocycles. The summed E-state index contributed by atoms with van der Waals surface area (Å²) in [5.41, 5.74) is 0. The molecule has 0 aliphatic rings. The van der Waals surface area contributed by atoms with Gasteiger partial charge in [0, 0.05) is 12.5 Å². The fourth-order valence-corrected chi connectivity index (χ4v) is 1.05. The zero-order valence-electron chi connectivity index (χ0n) is 8.61. The first-order valence-corrected chi connectivity index (χ1v) is 4.72. The highest BCUT2D eigenvalue weighted by molar-refractivity contribution is 5.81. The highest BCUT2D eigenvalue weighted by Gasteiger charge is 2.11. The second-order valence-electron chi connectivity index (χ2n) is 3.21. The van der Waals surface area contributed by atoms with Crippen LogP contribution in [0.25, 0.3) is 0 Å². The Morgan fingerprint density at radius 1 is 1.50 bits per heavy atom. The van der Waals surface area contributed by atoms with E-state index in [2.05, 4.69) is 13.2 Å². The molecule has 0 radical (unpaired) electrons. The molecule has 1 N–H and O–H groups in total. The maximum Gasteiger partial charge on any atom is 0.330 e. The number of ether oxygens (including phenoxy) is 1. The summed E-state index contributed by atoms with van der Waals surface area (Å²) in [6, 6.07) is 0. The number of aliphatic hydroxyl groups is 1. The maximum atomic E-state index is 10.9. The minimum Gasteiger partial charge on any atom is -0.459 e. The second kappa shape index (κ2) is 7.33. The van der Waals surface area contributed by atoms with E-state index in [1.807, 2.05) is 0 Å². The molecular weight excluding hydrogens is 180 g/mol. The van der Waals surface area contributed by atoms with E-state index in [1.165, 1.54) is 0 Å². The van der Waals surface area contributed by atoms with E-state index in [0.717, 1.165) is 6.08 Å². The fourth-order valence-electron chi connectivity index (χ4n) is 1.05. The highest BCUT2D eigenvalue weighted by Crippen LogP contribution is 2.10. The first kappa shape index (κ1) is 12.9. The van der Waals surface area contributed by atoms with Crippen LogP contribution in [-0.4, -0.2) is 23.3 Å². The molecule has 0 fully saturated rings. The number of rotatable bonds is 7.